The zero-order valence-corrected chi connectivity index (χ0v) is 19.7. The molecule has 0 radical (unpaired) electrons. The highest BCUT2D eigenvalue weighted by Gasteiger charge is 2.32. The SMILES string of the molecule is CC[C@H](C(=O)Nc1ccccc1C(=O)NCc1ccco1)N(c1cccc(Cl)c1)S(C)(=O)=O. The molecule has 174 valence electrons. The number of carbonyl (C=O) groups is 2. The average Bonchev–Trinajstić information content (AvgIpc) is 3.28. The van der Waals surface area contributed by atoms with Crippen LogP contribution in [0.4, 0.5) is 11.4 Å². The van der Waals surface area contributed by atoms with Crippen LogP contribution in [-0.4, -0.2) is 32.5 Å². The zero-order chi connectivity index (χ0) is 24.0. The van der Waals surface area contributed by atoms with Gasteiger partial charge in [-0.2, -0.15) is 0 Å². The second kappa shape index (κ2) is 10.5. The second-order valence-electron chi connectivity index (χ2n) is 7.26. The third-order valence-corrected chi connectivity index (χ3v) is 6.24. The molecular weight excluding hydrogens is 466 g/mol. The molecule has 0 saturated carbocycles. The van der Waals surface area contributed by atoms with E-state index in [2.05, 4.69) is 10.6 Å². The monoisotopic (exact) mass is 489 g/mol. The predicted molar refractivity (Wildman–Crippen MR) is 128 cm³/mol. The molecule has 0 spiro atoms. The maximum Gasteiger partial charge on any atom is 0.253 e. The summed E-state index contributed by atoms with van der Waals surface area (Å²) in [6.45, 7) is 1.89. The van der Waals surface area contributed by atoms with E-state index in [9.17, 15) is 18.0 Å². The van der Waals surface area contributed by atoms with Gasteiger partial charge in [0.1, 0.15) is 11.8 Å². The first-order chi connectivity index (χ1) is 15.7. The molecule has 8 nitrogen and oxygen atoms in total. The summed E-state index contributed by atoms with van der Waals surface area (Å²) in [5.74, 6) is -0.402. The summed E-state index contributed by atoms with van der Waals surface area (Å²) in [4.78, 5) is 25.9. The van der Waals surface area contributed by atoms with Crippen molar-refractivity contribution in [3.05, 3.63) is 83.3 Å². The van der Waals surface area contributed by atoms with Crippen LogP contribution in [0.15, 0.2) is 71.3 Å². The molecule has 2 aromatic carbocycles. The van der Waals surface area contributed by atoms with E-state index in [1.165, 1.54) is 12.3 Å². The van der Waals surface area contributed by atoms with Crippen molar-refractivity contribution in [2.75, 3.05) is 15.9 Å². The summed E-state index contributed by atoms with van der Waals surface area (Å²) in [6.07, 6.45) is 2.73. The fraction of sp³-hybridized carbons (Fsp3) is 0.217. The van der Waals surface area contributed by atoms with Crippen LogP contribution in [-0.2, 0) is 21.4 Å². The van der Waals surface area contributed by atoms with E-state index in [-0.39, 0.29) is 29.9 Å². The molecule has 1 heterocycles. The van der Waals surface area contributed by atoms with E-state index in [0.29, 0.717) is 10.8 Å². The fourth-order valence-electron chi connectivity index (χ4n) is 3.36. The Balaban J connectivity index is 1.85. The van der Waals surface area contributed by atoms with Gasteiger partial charge in [0.2, 0.25) is 15.9 Å². The number of hydrogen-bond donors (Lipinski definition) is 2. The first-order valence-electron chi connectivity index (χ1n) is 10.2. The van der Waals surface area contributed by atoms with Crippen molar-refractivity contribution in [3.8, 4) is 0 Å². The van der Waals surface area contributed by atoms with Gasteiger partial charge in [-0.25, -0.2) is 8.42 Å². The first kappa shape index (κ1) is 24.3. The molecule has 0 unspecified atom stereocenters. The summed E-state index contributed by atoms with van der Waals surface area (Å²) < 4.78 is 31.5. The molecule has 1 aromatic heterocycles. The molecule has 1 atom stereocenters. The van der Waals surface area contributed by atoms with E-state index < -0.39 is 27.9 Å². The smallest absolute Gasteiger partial charge is 0.253 e. The summed E-state index contributed by atoms with van der Waals surface area (Å²) >= 11 is 6.05. The number of hydrogen-bond acceptors (Lipinski definition) is 5. The maximum absolute atomic E-state index is 13.2. The van der Waals surface area contributed by atoms with Gasteiger partial charge in [0.15, 0.2) is 0 Å². The van der Waals surface area contributed by atoms with Gasteiger partial charge in [-0.15, -0.1) is 0 Å². The van der Waals surface area contributed by atoms with Crippen LogP contribution in [0.2, 0.25) is 5.02 Å². The minimum atomic E-state index is -3.82. The Morgan fingerprint density at radius 1 is 1.09 bits per heavy atom. The molecule has 0 aliphatic heterocycles. The van der Waals surface area contributed by atoms with Crippen LogP contribution < -0.4 is 14.9 Å². The number of para-hydroxylation sites is 1. The molecule has 2 amide bonds. The van der Waals surface area contributed by atoms with Crippen LogP contribution in [0.25, 0.3) is 0 Å². The summed E-state index contributed by atoms with van der Waals surface area (Å²) in [5.41, 5.74) is 0.773. The lowest BCUT2D eigenvalue weighted by Crippen LogP contribution is -2.47. The fourth-order valence-corrected chi connectivity index (χ4v) is 4.74. The van der Waals surface area contributed by atoms with Gasteiger partial charge in [0.05, 0.1) is 36.0 Å². The van der Waals surface area contributed by atoms with Crippen LogP contribution in [0, 0.1) is 0 Å². The van der Waals surface area contributed by atoms with Crippen molar-refractivity contribution in [1.82, 2.24) is 5.32 Å². The van der Waals surface area contributed by atoms with Crippen molar-refractivity contribution in [2.45, 2.75) is 25.9 Å². The Kier molecular flexibility index (Phi) is 7.78. The number of anilines is 2. The summed E-state index contributed by atoms with van der Waals surface area (Å²) in [6, 6.07) is 15.2. The lowest BCUT2D eigenvalue weighted by atomic mass is 10.1. The molecule has 0 bridgehead atoms. The number of nitrogens with zero attached hydrogens (tertiary/aromatic N) is 1. The standard InChI is InChI=1S/C23H24ClN3O5S/c1-3-21(27(33(2,30)31)17-9-6-8-16(24)14-17)23(29)26-20-12-5-4-11-19(20)22(28)25-15-18-10-7-13-32-18/h4-14,21H,3,15H2,1-2H3,(H,25,28)(H,26,29)/t21-/m1/s1. The van der Waals surface area contributed by atoms with Crippen LogP contribution in [0.1, 0.15) is 29.5 Å². The topological polar surface area (TPSA) is 109 Å². The number of furan rings is 1. The third kappa shape index (κ3) is 6.15. The highest BCUT2D eigenvalue weighted by molar-refractivity contribution is 7.92. The molecule has 33 heavy (non-hydrogen) atoms. The Morgan fingerprint density at radius 2 is 1.85 bits per heavy atom. The molecule has 0 fully saturated rings. The van der Waals surface area contributed by atoms with Crippen molar-refractivity contribution >= 4 is 44.8 Å². The quantitative estimate of drug-likeness (QED) is 0.471. The highest BCUT2D eigenvalue weighted by Crippen LogP contribution is 2.26. The van der Waals surface area contributed by atoms with Crippen LogP contribution in [0.5, 0.6) is 0 Å². The molecule has 0 saturated heterocycles. The average molecular weight is 490 g/mol. The third-order valence-electron chi connectivity index (χ3n) is 4.83. The lowest BCUT2D eigenvalue weighted by molar-refractivity contribution is -0.117. The van der Waals surface area contributed by atoms with Crippen molar-refractivity contribution in [1.29, 1.82) is 0 Å². The minimum Gasteiger partial charge on any atom is -0.467 e. The lowest BCUT2D eigenvalue weighted by Gasteiger charge is -2.30. The largest absolute Gasteiger partial charge is 0.467 e. The van der Waals surface area contributed by atoms with Crippen LogP contribution in [0.3, 0.4) is 0 Å². The van der Waals surface area contributed by atoms with E-state index in [4.69, 9.17) is 16.0 Å². The highest BCUT2D eigenvalue weighted by atomic mass is 35.5. The Hall–Kier alpha value is -3.30. The van der Waals surface area contributed by atoms with Gasteiger partial charge in [-0.3, -0.25) is 13.9 Å². The van der Waals surface area contributed by atoms with Gasteiger partial charge in [-0.05, 0) is 48.9 Å². The predicted octanol–water partition coefficient (Wildman–Crippen LogP) is 4.05. The molecule has 10 heteroatoms. The maximum atomic E-state index is 13.2. The number of amides is 2. The number of carbonyl (C=O) groups excluding carboxylic acids is 2. The van der Waals surface area contributed by atoms with Gasteiger partial charge in [0.25, 0.3) is 5.91 Å². The normalized spacial score (nSPS) is 12.1. The molecule has 2 N–H and O–H groups in total. The van der Waals surface area contributed by atoms with E-state index >= 15 is 0 Å². The van der Waals surface area contributed by atoms with Gasteiger partial charge in [0, 0.05) is 5.02 Å². The zero-order valence-electron chi connectivity index (χ0n) is 18.1. The molecule has 0 aliphatic carbocycles. The van der Waals surface area contributed by atoms with Crippen molar-refractivity contribution in [3.63, 3.8) is 0 Å². The van der Waals surface area contributed by atoms with Gasteiger partial charge < -0.3 is 15.1 Å². The van der Waals surface area contributed by atoms with E-state index in [1.807, 2.05) is 0 Å². The van der Waals surface area contributed by atoms with Crippen molar-refractivity contribution < 1.29 is 22.4 Å². The summed E-state index contributed by atoms with van der Waals surface area (Å²) in [7, 11) is -3.82. The Bertz CT molecular complexity index is 1230. The molecule has 3 rings (SSSR count). The van der Waals surface area contributed by atoms with Gasteiger partial charge in [-0.1, -0.05) is 36.7 Å². The van der Waals surface area contributed by atoms with Crippen LogP contribution >= 0.6 is 11.6 Å². The van der Waals surface area contributed by atoms with Crippen molar-refractivity contribution in [2.24, 2.45) is 0 Å². The molecule has 3 aromatic rings. The Morgan fingerprint density at radius 3 is 2.48 bits per heavy atom. The number of halogens is 1. The molecular formula is C23H24ClN3O5S. The minimum absolute atomic E-state index is 0.183. The number of nitrogens with one attached hydrogen (secondary N) is 2. The van der Waals surface area contributed by atoms with E-state index in [1.54, 1.807) is 61.5 Å². The molecule has 0 aliphatic rings. The first-order valence-corrected chi connectivity index (χ1v) is 12.4. The number of sulfonamides is 1. The van der Waals surface area contributed by atoms with Gasteiger partial charge >= 0.3 is 0 Å². The number of rotatable bonds is 9. The Labute approximate surface area is 197 Å². The summed E-state index contributed by atoms with van der Waals surface area (Å²) in [5, 5.41) is 5.79. The number of benzene rings is 2. The second-order valence-corrected chi connectivity index (χ2v) is 9.56. The van der Waals surface area contributed by atoms with E-state index in [0.717, 1.165) is 10.6 Å².